The summed E-state index contributed by atoms with van der Waals surface area (Å²) in [6.07, 6.45) is -0.611. The van der Waals surface area contributed by atoms with Crippen molar-refractivity contribution in [3.63, 3.8) is 0 Å². The highest BCUT2D eigenvalue weighted by Gasteiger charge is 2.36. The van der Waals surface area contributed by atoms with Crippen molar-refractivity contribution < 1.29 is 14.6 Å². The monoisotopic (exact) mass is 382 g/mol. The number of non-ortho nitro benzene ring substituents is 2. The van der Waals surface area contributed by atoms with Crippen LogP contribution in [0.25, 0.3) is 0 Å². The van der Waals surface area contributed by atoms with Gasteiger partial charge in [-0.05, 0) is 25.0 Å². The Labute approximate surface area is 160 Å². The fraction of sp³-hybridized carbons (Fsp3) is 0.263. The molecule has 144 valence electrons. The number of nitro groups is 2. The molecule has 0 bridgehead atoms. The summed E-state index contributed by atoms with van der Waals surface area (Å²) >= 11 is 0. The van der Waals surface area contributed by atoms with Crippen LogP contribution in [0.1, 0.15) is 37.2 Å². The minimum absolute atomic E-state index is 0.0623. The van der Waals surface area contributed by atoms with Crippen molar-refractivity contribution in [2.45, 2.75) is 26.1 Å². The van der Waals surface area contributed by atoms with Gasteiger partial charge in [0.2, 0.25) is 0 Å². The Balaban J connectivity index is 2.05. The maximum atomic E-state index is 12.3. The molecule has 0 spiro atoms. The summed E-state index contributed by atoms with van der Waals surface area (Å²) in [5.41, 5.74) is 1.59. The van der Waals surface area contributed by atoms with Gasteiger partial charge in [0.05, 0.1) is 15.8 Å². The molecule has 1 N–H and O–H groups in total. The molecule has 0 aromatic heterocycles. The highest BCUT2D eigenvalue weighted by molar-refractivity contribution is 6.04. The molecule has 3 rings (SSSR count). The van der Waals surface area contributed by atoms with Crippen LogP contribution in [0.5, 0.6) is 0 Å². The number of rotatable bonds is 5. The van der Waals surface area contributed by atoms with Gasteiger partial charge < -0.3 is 0 Å². The second-order valence-electron chi connectivity index (χ2n) is 6.61. The van der Waals surface area contributed by atoms with E-state index in [0.717, 1.165) is 0 Å². The molecule has 9 heteroatoms. The Bertz CT molecular complexity index is 988. The van der Waals surface area contributed by atoms with Gasteiger partial charge in [-0.15, -0.1) is 0 Å². The molecular weight excluding hydrogens is 364 g/mol. The van der Waals surface area contributed by atoms with Crippen LogP contribution in [0, 0.1) is 26.1 Å². The number of carbonyl (C=O) groups excluding carboxylic acids is 1. The zero-order valence-electron chi connectivity index (χ0n) is 15.2. The molecule has 0 radical (unpaired) electrons. The van der Waals surface area contributed by atoms with E-state index >= 15 is 0 Å². The standard InChI is InChI=1S/C19H18N4O5/c1-11-17(12(2)24)18(13-5-3-7-15(9-13)22(25)26)21-19(20-11)14-6-4-8-16(10-14)23(27)28/h3-10,17-19,21H,1-2H3/t17?,18-,19-/m1/s1. The molecule has 0 amide bonds. The predicted molar refractivity (Wildman–Crippen MR) is 102 cm³/mol. The molecule has 2 aromatic rings. The molecule has 0 aliphatic carbocycles. The third-order valence-electron chi connectivity index (χ3n) is 4.73. The lowest BCUT2D eigenvalue weighted by molar-refractivity contribution is -0.385. The Kier molecular flexibility index (Phi) is 5.27. The van der Waals surface area contributed by atoms with Gasteiger partial charge >= 0.3 is 0 Å². The summed E-state index contributed by atoms with van der Waals surface area (Å²) in [6.45, 7) is 3.17. The second-order valence-corrected chi connectivity index (χ2v) is 6.61. The quantitative estimate of drug-likeness (QED) is 0.622. The number of hydrogen-bond donors (Lipinski definition) is 1. The number of aliphatic imine (C=N–C) groups is 1. The average molecular weight is 382 g/mol. The van der Waals surface area contributed by atoms with Crippen LogP contribution >= 0.6 is 0 Å². The highest BCUT2D eigenvalue weighted by Crippen LogP contribution is 2.35. The summed E-state index contributed by atoms with van der Waals surface area (Å²) in [5, 5.41) is 25.4. The van der Waals surface area contributed by atoms with E-state index in [1.165, 1.54) is 31.2 Å². The Hall–Kier alpha value is -3.46. The number of benzene rings is 2. The molecule has 1 aliphatic heterocycles. The van der Waals surface area contributed by atoms with Crippen LogP contribution < -0.4 is 5.32 Å². The number of ketones is 1. The van der Waals surface area contributed by atoms with E-state index in [1.54, 1.807) is 31.2 Å². The first kappa shape index (κ1) is 19.3. The lowest BCUT2D eigenvalue weighted by atomic mass is 9.84. The van der Waals surface area contributed by atoms with Crippen molar-refractivity contribution in [2.75, 3.05) is 0 Å². The van der Waals surface area contributed by atoms with Gasteiger partial charge in [-0.2, -0.15) is 0 Å². The number of nitrogens with one attached hydrogen (secondary N) is 1. The summed E-state index contributed by atoms with van der Waals surface area (Å²) in [4.78, 5) is 38.0. The van der Waals surface area contributed by atoms with Gasteiger partial charge in [0, 0.05) is 36.0 Å². The van der Waals surface area contributed by atoms with E-state index in [-0.39, 0.29) is 17.2 Å². The first-order chi connectivity index (χ1) is 13.3. The van der Waals surface area contributed by atoms with E-state index in [0.29, 0.717) is 16.8 Å². The number of carbonyl (C=O) groups is 1. The molecule has 1 heterocycles. The lowest BCUT2D eigenvalue weighted by Gasteiger charge is -2.34. The highest BCUT2D eigenvalue weighted by atomic mass is 16.6. The van der Waals surface area contributed by atoms with Crippen LogP contribution in [-0.4, -0.2) is 21.3 Å². The van der Waals surface area contributed by atoms with Crippen molar-refractivity contribution in [1.29, 1.82) is 0 Å². The van der Waals surface area contributed by atoms with Gasteiger partial charge in [0.1, 0.15) is 11.9 Å². The molecule has 0 saturated carbocycles. The van der Waals surface area contributed by atoms with Crippen molar-refractivity contribution in [3.8, 4) is 0 Å². The summed E-state index contributed by atoms with van der Waals surface area (Å²) in [5.74, 6) is -0.709. The fourth-order valence-electron chi connectivity index (χ4n) is 3.46. The fourth-order valence-corrected chi connectivity index (χ4v) is 3.46. The van der Waals surface area contributed by atoms with Gasteiger partial charge in [0.15, 0.2) is 0 Å². The number of Topliss-reactive ketones (excluding diaryl/α,β-unsaturated/α-hetero) is 1. The van der Waals surface area contributed by atoms with Gasteiger partial charge in [-0.3, -0.25) is 35.3 Å². The smallest absolute Gasteiger partial charge is 0.269 e. The Morgan fingerprint density at radius 1 is 1.00 bits per heavy atom. The zero-order chi connectivity index (χ0) is 20.4. The molecule has 3 atom stereocenters. The van der Waals surface area contributed by atoms with Crippen molar-refractivity contribution in [3.05, 3.63) is 79.9 Å². The maximum absolute atomic E-state index is 12.3. The van der Waals surface area contributed by atoms with Crippen LogP contribution in [0.3, 0.4) is 0 Å². The third-order valence-corrected chi connectivity index (χ3v) is 4.73. The maximum Gasteiger partial charge on any atom is 0.269 e. The molecular formula is C19H18N4O5. The molecule has 28 heavy (non-hydrogen) atoms. The summed E-state index contributed by atoms with van der Waals surface area (Å²) in [7, 11) is 0. The normalized spacial score (nSPS) is 21.6. The number of hydrogen-bond acceptors (Lipinski definition) is 7. The van der Waals surface area contributed by atoms with E-state index < -0.39 is 28.0 Å². The second kappa shape index (κ2) is 7.65. The minimum Gasteiger partial charge on any atom is -0.299 e. The average Bonchev–Trinajstić information content (AvgIpc) is 2.67. The van der Waals surface area contributed by atoms with Crippen molar-refractivity contribution in [2.24, 2.45) is 10.9 Å². The van der Waals surface area contributed by atoms with Crippen molar-refractivity contribution in [1.82, 2.24) is 5.32 Å². The molecule has 2 aromatic carbocycles. The first-order valence-electron chi connectivity index (χ1n) is 8.57. The Morgan fingerprint density at radius 3 is 2.07 bits per heavy atom. The van der Waals surface area contributed by atoms with E-state index in [2.05, 4.69) is 10.3 Å². The predicted octanol–water partition coefficient (Wildman–Crippen LogP) is 3.51. The van der Waals surface area contributed by atoms with Gasteiger partial charge in [-0.25, -0.2) is 0 Å². The van der Waals surface area contributed by atoms with Crippen LogP contribution in [0.2, 0.25) is 0 Å². The van der Waals surface area contributed by atoms with Gasteiger partial charge in [0.25, 0.3) is 11.4 Å². The Morgan fingerprint density at radius 2 is 1.54 bits per heavy atom. The SMILES string of the molecule is CC(=O)C1C(C)=N[C@@H](c2cccc([N+](=O)[O-])c2)N[C@@H]1c1cccc([N+](=O)[O-])c1. The van der Waals surface area contributed by atoms with E-state index in [1.807, 2.05) is 0 Å². The van der Waals surface area contributed by atoms with Crippen LogP contribution in [0.4, 0.5) is 11.4 Å². The van der Waals surface area contributed by atoms with Crippen LogP contribution in [-0.2, 0) is 4.79 Å². The largest absolute Gasteiger partial charge is 0.299 e. The van der Waals surface area contributed by atoms with Crippen LogP contribution in [0.15, 0.2) is 53.5 Å². The van der Waals surface area contributed by atoms with Gasteiger partial charge in [-0.1, -0.05) is 24.3 Å². The molecule has 0 saturated heterocycles. The lowest BCUT2D eigenvalue weighted by Crippen LogP contribution is -2.42. The zero-order valence-corrected chi connectivity index (χ0v) is 15.2. The topological polar surface area (TPSA) is 128 Å². The number of nitrogens with zero attached hydrogens (tertiary/aromatic N) is 3. The molecule has 9 nitrogen and oxygen atoms in total. The summed E-state index contributed by atoms with van der Waals surface area (Å²) < 4.78 is 0. The van der Waals surface area contributed by atoms with E-state index in [4.69, 9.17) is 0 Å². The minimum atomic E-state index is -0.611. The molecule has 1 unspecified atom stereocenters. The summed E-state index contributed by atoms with van der Waals surface area (Å²) in [6, 6.07) is 11.6. The first-order valence-corrected chi connectivity index (χ1v) is 8.57. The molecule has 0 fully saturated rings. The van der Waals surface area contributed by atoms with E-state index in [9.17, 15) is 25.0 Å². The third kappa shape index (κ3) is 3.79. The van der Waals surface area contributed by atoms with Crippen molar-refractivity contribution >= 4 is 22.9 Å². The molecule has 1 aliphatic rings. The number of nitro benzene ring substituents is 2.